The molecule has 2 aromatic rings. The Balaban J connectivity index is 2.19. The predicted octanol–water partition coefficient (Wildman–Crippen LogP) is 0.657. The molecule has 0 bridgehead atoms. The summed E-state index contributed by atoms with van der Waals surface area (Å²) in [4.78, 5) is 8.47. The maximum atomic E-state index is 4.34. The second-order valence-electron chi connectivity index (χ2n) is 3.93. The second-order valence-corrected chi connectivity index (χ2v) is 3.93. The van der Waals surface area contributed by atoms with Gasteiger partial charge in [0.2, 0.25) is 0 Å². The van der Waals surface area contributed by atoms with Gasteiger partial charge in [0, 0.05) is 39.1 Å². The van der Waals surface area contributed by atoms with Crippen molar-refractivity contribution in [1.82, 2.24) is 24.4 Å². The molecule has 2 rings (SSSR count). The van der Waals surface area contributed by atoms with Crippen LogP contribution < -0.4 is 5.32 Å². The largest absolute Gasteiger partial charge is 0.338 e. The summed E-state index contributed by atoms with van der Waals surface area (Å²) in [7, 11) is 5.98. The summed E-state index contributed by atoms with van der Waals surface area (Å²) in [5, 5.41) is 3.30. The highest BCUT2D eigenvalue weighted by Crippen LogP contribution is 2.15. The van der Waals surface area contributed by atoms with Crippen LogP contribution in [0.15, 0.2) is 24.9 Å². The molecule has 1 atom stereocenters. The van der Waals surface area contributed by atoms with Crippen LogP contribution in [-0.2, 0) is 20.5 Å². The summed E-state index contributed by atoms with van der Waals surface area (Å²) in [6.07, 6.45) is 8.36. The zero-order chi connectivity index (χ0) is 11.5. The monoisotopic (exact) mass is 219 g/mol. The molecule has 0 aromatic carbocycles. The van der Waals surface area contributed by atoms with Crippen LogP contribution in [0.3, 0.4) is 0 Å². The van der Waals surface area contributed by atoms with Crippen LogP contribution in [0.25, 0.3) is 0 Å². The number of hydrogen-bond donors (Lipinski definition) is 1. The Bertz CT molecular complexity index is 456. The molecular weight excluding hydrogens is 202 g/mol. The Kier molecular flexibility index (Phi) is 3.05. The van der Waals surface area contributed by atoms with Crippen molar-refractivity contribution in [2.75, 3.05) is 7.05 Å². The number of aromatic nitrogens is 4. The topological polar surface area (TPSA) is 47.7 Å². The Labute approximate surface area is 95.1 Å². The first-order valence-corrected chi connectivity index (χ1v) is 5.32. The first-order valence-electron chi connectivity index (χ1n) is 5.32. The van der Waals surface area contributed by atoms with Gasteiger partial charge in [0.25, 0.3) is 0 Å². The number of likely N-dealkylation sites (N-methyl/N-ethyl adjacent to an activating group) is 1. The first kappa shape index (κ1) is 10.9. The van der Waals surface area contributed by atoms with Crippen molar-refractivity contribution < 1.29 is 0 Å². The van der Waals surface area contributed by atoms with E-state index in [1.807, 2.05) is 55.2 Å². The van der Waals surface area contributed by atoms with Crippen LogP contribution in [0.5, 0.6) is 0 Å². The van der Waals surface area contributed by atoms with Gasteiger partial charge in [-0.2, -0.15) is 0 Å². The van der Waals surface area contributed by atoms with E-state index in [2.05, 4.69) is 15.3 Å². The lowest BCUT2D eigenvalue weighted by atomic mass is 10.1. The van der Waals surface area contributed by atoms with Gasteiger partial charge in [0.1, 0.15) is 5.82 Å². The predicted molar refractivity (Wildman–Crippen MR) is 61.9 cm³/mol. The van der Waals surface area contributed by atoms with Crippen LogP contribution in [0.2, 0.25) is 0 Å². The van der Waals surface area contributed by atoms with Crippen LogP contribution in [0.4, 0.5) is 0 Å². The molecule has 5 nitrogen and oxygen atoms in total. The molecule has 0 saturated carbocycles. The standard InChI is InChI=1S/C11H17N5/c1-12-9(10-7-13-8-16(10)3)6-11-14-4-5-15(11)2/h4-5,7-9,12H,6H2,1-3H3. The fourth-order valence-corrected chi connectivity index (χ4v) is 1.83. The van der Waals surface area contributed by atoms with Gasteiger partial charge in [-0.3, -0.25) is 0 Å². The van der Waals surface area contributed by atoms with Crippen molar-refractivity contribution >= 4 is 0 Å². The van der Waals surface area contributed by atoms with Crippen molar-refractivity contribution in [3.8, 4) is 0 Å². The van der Waals surface area contributed by atoms with Crippen LogP contribution >= 0.6 is 0 Å². The van der Waals surface area contributed by atoms with Crippen LogP contribution in [0, 0.1) is 0 Å². The molecule has 0 aliphatic rings. The Morgan fingerprint density at radius 1 is 1.38 bits per heavy atom. The van der Waals surface area contributed by atoms with Crippen molar-refractivity contribution in [3.05, 3.63) is 36.4 Å². The molecule has 2 aromatic heterocycles. The van der Waals surface area contributed by atoms with Crippen LogP contribution in [0.1, 0.15) is 17.6 Å². The van der Waals surface area contributed by atoms with E-state index < -0.39 is 0 Å². The summed E-state index contributed by atoms with van der Waals surface area (Å²) in [5.41, 5.74) is 1.17. The van der Waals surface area contributed by atoms with Gasteiger partial charge in [-0.05, 0) is 7.05 Å². The lowest BCUT2D eigenvalue weighted by Gasteiger charge is -2.16. The number of hydrogen-bond acceptors (Lipinski definition) is 3. The number of imidazole rings is 2. The lowest BCUT2D eigenvalue weighted by molar-refractivity contribution is 0.533. The van der Waals surface area contributed by atoms with E-state index in [1.54, 1.807) is 0 Å². The summed E-state index contributed by atoms with van der Waals surface area (Å²) in [5.74, 6) is 1.07. The fraction of sp³-hybridized carbons (Fsp3) is 0.455. The summed E-state index contributed by atoms with van der Waals surface area (Å²) in [6.45, 7) is 0. The molecule has 16 heavy (non-hydrogen) atoms. The maximum absolute atomic E-state index is 4.34. The normalized spacial score (nSPS) is 12.9. The van der Waals surface area contributed by atoms with E-state index in [0.717, 1.165) is 12.2 Å². The fourth-order valence-electron chi connectivity index (χ4n) is 1.83. The minimum absolute atomic E-state index is 0.244. The number of rotatable bonds is 4. The zero-order valence-corrected chi connectivity index (χ0v) is 9.88. The van der Waals surface area contributed by atoms with E-state index in [9.17, 15) is 0 Å². The van der Waals surface area contributed by atoms with Crippen LogP contribution in [-0.4, -0.2) is 26.1 Å². The van der Waals surface area contributed by atoms with Gasteiger partial charge in [0.15, 0.2) is 0 Å². The lowest BCUT2D eigenvalue weighted by Crippen LogP contribution is -2.22. The van der Waals surface area contributed by atoms with Gasteiger partial charge < -0.3 is 14.5 Å². The number of nitrogens with zero attached hydrogens (tertiary/aromatic N) is 4. The van der Waals surface area contributed by atoms with Gasteiger partial charge in [0.05, 0.1) is 18.1 Å². The molecule has 1 unspecified atom stereocenters. The van der Waals surface area contributed by atoms with Crippen molar-refractivity contribution in [1.29, 1.82) is 0 Å². The first-order chi connectivity index (χ1) is 7.72. The van der Waals surface area contributed by atoms with Gasteiger partial charge in [-0.25, -0.2) is 9.97 Å². The average Bonchev–Trinajstić information content (AvgIpc) is 2.85. The summed E-state index contributed by atoms with van der Waals surface area (Å²) in [6, 6.07) is 0.244. The Morgan fingerprint density at radius 2 is 2.19 bits per heavy atom. The van der Waals surface area contributed by atoms with E-state index in [4.69, 9.17) is 0 Å². The zero-order valence-electron chi connectivity index (χ0n) is 9.88. The Hall–Kier alpha value is -1.62. The third-order valence-corrected chi connectivity index (χ3v) is 2.87. The highest BCUT2D eigenvalue weighted by atomic mass is 15.1. The van der Waals surface area contributed by atoms with Gasteiger partial charge in [-0.15, -0.1) is 0 Å². The van der Waals surface area contributed by atoms with Gasteiger partial charge >= 0.3 is 0 Å². The third kappa shape index (κ3) is 1.99. The molecule has 86 valence electrons. The molecule has 0 radical (unpaired) electrons. The highest BCUT2D eigenvalue weighted by Gasteiger charge is 2.15. The molecule has 5 heteroatoms. The van der Waals surface area contributed by atoms with E-state index >= 15 is 0 Å². The SMILES string of the molecule is CNC(Cc1nccn1C)c1cncn1C. The molecule has 1 N–H and O–H groups in total. The molecule has 0 spiro atoms. The van der Waals surface area contributed by atoms with Crippen molar-refractivity contribution in [3.63, 3.8) is 0 Å². The minimum Gasteiger partial charge on any atom is -0.338 e. The maximum Gasteiger partial charge on any atom is 0.110 e. The van der Waals surface area contributed by atoms with E-state index in [-0.39, 0.29) is 6.04 Å². The minimum atomic E-state index is 0.244. The molecule has 0 fully saturated rings. The van der Waals surface area contributed by atoms with Crippen molar-refractivity contribution in [2.24, 2.45) is 14.1 Å². The number of nitrogens with one attached hydrogen (secondary N) is 1. The average molecular weight is 219 g/mol. The van der Waals surface area contributed by atoms with E-state index in [1.165, 1.54) is 5.69 Å². The summed E-state index contributed by atoms with van der Waals surface area (Å²) >= 11 is 0. The van der Waals surface area contributed by atoms with Gasteiger partial charge in [-0.1, -0.05) is 0 Å². The highest BCUT2D eigenvalue weighted by molar-refractivity contribution is 5.08. The Morgan fingerprint density at radius 3 is 2.69 bits per heavy atom. The molecule has 0 aliphatic heterocycles. The summed E-state index contributed by atoms with van der Waals surface area (Å²) < 4.78 is 4.07. The third-order valence-electron chi connectivity index (χ3n) is 2.87. The number of aryl methyl sites for hydroxylation is 2. The van der Waals surface area contributed by atoms with E-state index in [0.29, 0.717) is 0 Å². The molecule has 0 aliphatic carbocycles. The molecule has 0 amide bonds. The second kappa shape index (κ2) is 4.49. The van der Waals surface area contributed by atoms with Crippen molar-refractivity contribution in [2.45, 2.75) is 12.5 Å². The smallest absolute Gasteiger partial charge is 0.110 e. The molecule has 0 saturated heterocycles. The molecular formula is C11H17N5. The quantitative estimate of drug-likeness (QED) is 0.821. The molecule has 2 heterocycles.